The Morgan fingerprint density at radius 2 is 0.867 bits per heavy atom. The maximum absolute atomic E-state index is 8.91. The van der Waals surface area contributed by atoms with Crippen molar-refractivity contribution in [3.05, 3.63) is 0 Å². The molecule has 1 heteroatoms. The van der Waals surface area contributed by atoms with E-state index in [0.29, 0.717) is 0 Å². The molecule has 1 nitrogen and oxygen atoms in total. The smallest absolute Gasteiger partial charge is 0.0540 e. The molecule has 0 aliphatic heterocycles. The number of rotatable bonds is 0. The number of hydrogen-bond donors (Lipinski definition) is 1. The van der Waals surface area contributed by atoms with Crippen molar-refractivity contribution in [2.24, 2.45) is 0 Å². The average Bonchev–Trinajstić information content (AvgIpc) is 2.40. The second kappa shape index (κ2) is 37.0. The second-order valence-electron chi connectivity index (χ2n) is 2.29. The Hall–Kier alpha value is -0.0400. The van der Waals surface area contributed by atoms with Crippen molar-refractivity contribution in [3.63, 3.8) is 0 Å². The summed E-state index contributed by atoms with van der Waals surface area (Å²) in [7, 11) is 0. The topological polar surface area (TPSA) is 20.2 Å². The van der Waals surface area contributed by atoms with Gasteiger partial charge in [-0.25, -0.2) is 0 Å². The molecule has 0 aromatic carbocycles. The van der Waals surface area contributed by atoms with E-state index in [4.69, 9.17) is 5.11 Å². The van der Waals surface area contributed by atoms with Gasteiger partial charge in [-0.15, -0.1) is 0 Å². The van der Waals surface area contributed by atoms with Crippen LogP contribution in [0, 0.1) is 0 Å². The summed E-state index contributed by atoms with van der Waals surface area (Å²) < 4.78 is 0. The first-order valence-electron chi connectivity index (χ1n) is 7.07. The zero-order valence-corrected chi connectivity index (χ0v) is 12.6. The van der Waals surface area contributed by atoms with E-state index < -0.39 is 0 Å². The minimum Gasteiger partial charge on any atom is -0.393 e. The van der Waals surface area contributed by atoms with Crippen LogP contribution in [0.2, 0.25) is 0 Å². The van der Waals surface area contributed by atoms with E-state index in [0.717, 1.165) is 12.8 Å². The van der Waals surface area contributed by atoms with Gasteiger partial charge in [0.05, 0.1) is 6.10 Å². The molecule has 1 rings (SSSR count). The van der Waals surface area contributed by atoms with E-state index in [1.807, 2.05) is 55.4 Å². The van der Waals surface area contributed by atoms with E-state index in [-0.39, 0.29) is 6.10 Å². The molecule has 1 aliphatic rings. The Kier molecular flexibility index (Phi) is 59.9. The zero-order valence-electron chi connectivity index (χ0n) is 12.6. The maximum Gasteiger partial charge on any atom is 0.0540 e. The van der Waals surface area contributed by atoms with Crippen LogP contribution in [0.3, 0.4) is 0 Å². The highest BCUT2D eigenvalue weighted by Crippen LogP contribution is 2.16. The molecule has 15 heavy (non-hydrogen) atoms. The summed E-state index contributed by atoms with van der Waals surface area (Å²) in [6.07, 6.45) is 5.92. The van der Waals surface area contributed by atoms with Crippen molar-refractivity contribution in [2.45, 2.75) is 93.6 Å². The highest BCUT2D eigenvalue weighted by Gasteiger charge is 2.07. The molecule has 0 unspecified atom stereocenters. The van der Waals surface area contributed by atoms with Crippen LogP contribution in [0.15, 0.2) is 0 Å². The summed E-state index contributed by atoms with van der Waals surface area (Å²) in [5.41, 5.74) is 0. The fourth-order valence-electron chi connectivity index (χ4n) is 1.08. The minimum absolute atomic E-state index is 0.0359. The molecule has 0 aromatic heterocycles. The van der Waals surface area contributed by atoms with Crippen molar-refractivity contribution in [1.82, 2.24) is 0 Å². The summed E-state index contributed by atoms with van der Waals surface area (Å²) in [5, 5.41) is 8.91. The molecule has 98 valence electrons. The van der Waals surface area contributed by atoms with Crippen LogP contribution in [-0.4, -0.2) is 11.2 Å². The van der Waals surface area contributed by atoms with Gasteiger partial charge in [-0.3, -0.25) is 0 Å². The summed E-state index contributed by atoms with van der Waals surface area (Å²) in [4.78, 5) is 0. The van der Waals surface area contributed by atoms with Gasteiger partial charge in [-0.1, -0.05) is 74.7 Å². The van der Waals surface area contributed by atoms with Gasteiger partial charge in [0, 0.05) is 0 Å². The molecule has 0 radical (unpaired) electrons. The van der Waals surface area contributed by atoms with Crippen LogP contribution in [0.25, 0.3) is 0 Å². The Morgan fingerprint density at radius 1 is 0.600 bits per heavy atom. The van der Waals surface area contributed by atoms with Gasteiger partial charge < -0.3 is 5.11 Å². The monoisotopic (exact) mass is 220 g/mol. The van der Waals surface area contributed by atoms with Crippen LogP contribution < -0.4 is 0 Å². The molecule has 1 aliphatic carbocycles. The largest absolute Gasteiger partial charge is 0.393 e. The highest BCUT2D eigenvalue weighted by molar-refractivity contribution is 4.61. The summed E-state index contributed by atoms with van der Waals surface area (Å²) in [6.45, 7) is 16.0. The lowest BCUT2D eigenvalue weighted by Crippen LogP contribution is -2.09. The van der Waals surface area contributed by atoms with Crippen molar-refractivity contribution >= 4 is 0 Å². The SMILES string of the molecule is CC.CC.CC.CC.OC1CCCCC1. The number of hydrogen-bond acceptors (Lipinski definition) is 1. The van der Waals surface area contributed by atoms with Gasteiger partial charge in [-0.05, 0) is 12.8 Å². The first kappa shape index (κ1) is 24.3. The van der Waals surface area contributed by atoms with Crippen molar-refractivity contribution in [1.29, 1.82) is 0 Å². The van der Waals surface area contributed by atoms with E-state index in [1.165, 1.54) is 19.3 Å². The van der Waals surface area contributed by atoms with Crippen LogP contribution in [0.5, 0.6) is 0 Å². The molecule has 1 saturated carbocycles. The third kappa shape index (κ3) is 31.5. The van der Waals surface area contributed by atoms with Crippen LogP contribution in [-0.2, 0) is 0 Å². The standard InChI is InChI=1S/C6H12O.4C2H6/c7-6-4-2-1-3-5-6;4*1-2/h6-7H,1-5H2;4*1-2H3. The number of aliphatic hydroxyl groups excluding tert-OH is 1. The molecule has 1 fully saturated rings. The lowest BCUT2D eigenvalue weighted by molar-refractivity contribution is 0.130. The lowest BCUT2D eigenvalue weighted by atomic mass is 9.98. The average molecular weight is 220 g/mol. The minimum atomic E-state index is 0.0359. The summed E-state index contributed by atoms with van der Waals surface area (Å²) in [6, 6.07) is 0. The lowest BCUT2D eigenvalue weighted by Gasteiger charge is -2.14. The Bertz CT molecular complexity index is 47.3. The predicted molar refractivity (Wildman–Crippen MR) is 74.5 cm³/mol. The molecular weight excluding hydrogens is 184 g/mol. The van der Waals surface area contributed by atoms with Crippen molar-refractivity contribution in [2.75, 3.05) is 0 Å². The quantitative estimate of drug-likeness (QED) is 0.578. The Labute approximate surface area is 99.3 Å². The molecule has 0 heterocycles. The van der Waals surface area contributed by atoms with Gasteiger partial charge >= 0.3 is 0 Å². The molecule has 0 bridgehead atoms. The molecule has 0 aromatic rings. The van der Waals surface area contributed by atoms with E-state index in [1.54, 1.807) is 0 Å². The zero-order chi connectivity index (χ0) is 13.1. The van der Waals surface area contributed by atoms with Gasteiger partial charge in [0.1, 0.15) is 0 Å². The molecule has 0 spiro atoms. The van der Waals surface area contributed by atoms with Crippen molar-refractivity contribution in [3.8, 4) is 0 Å². The van der Waals surface area contributed by atoms with Gasteiger partial charge in [0.15, 0.2) is 0 Å². The van der Waals surface area contributed by atoms with E-state index in [2.05, 4.69) is 0 Å². The van der Waals surface area contributed by atoms with E-state index >= 15 is 0 Å². The fourth-order valence-corrected chi connectivity index (χ4v) is 1.08. The van der Waals surface area contributed by atoms with Crippen molar-refractivity contribution < 1.29 is 5.11 Å². The molecule has 0 saturated heterocycles. The Balaban J connectivity index is -0.0000000650. The molecule has 1 N–H and O–H groups in total. The third-order valence-electron chi connectivity index (χ3n) is 1.57. The first-order chi connectivity index (χ1) is 7.39. The highest BCUT2D eigenvalue weighted by atomic mass is 16.3. The van der Waals surface area contributed by atoms with Gasteiger partial charge in [-0.2, -0.15) is 0 Å². The summed E-state index contributed by atoms with van der Waals surface area (Å²) >= 11 is 0. The van der Waals surface area contributed by atoms with Crippen LogP contribution >= 0.6 is 0 Å². The Morgan fingerprint density at radius 3 is 1.00 bits per heavy atom. The van der Waals surface area contributed by atoms with Gasteiger partial charge in [0.2, 0.25) is 0 Å². The van der Waals surface area contributed by atoms with E-state index in [9.17, 15) is 0 Å². The van der Waals surface area contributed by atoms with Gasteiger partial charge in [0.25, 0.3) is 0 Å². The predicted octanol–water partition coefficient (Wildman–Crippen LogP) is 5.42. The summed E-state index contributed by atoms with van der Waals surface area (Å²) in [5.74, 6) is 0. The normalized spacial score (nSPS) is 13.4. The number of aliphatic hydroxyl groups is 1. The molecular formula is C14H36O. The molecule has 0 atom stereocenters. The molecule has 0 amide bonds. The maximum atomic E-state index is 8.91. The third-order valence-corrected chi connectivity index (χ3v) is 1.57. The van der Waals surface area contributed by atoms with Crippen LogP contribution in [0.4, 0.5) is 0 Å². The fraction of sp³-hybridized carbons (Fsp3) is 1.00. The first-order valence-corrected chi connectivity index (χ1v) is 7.07. The second-order valence-corrected chi connectivity index (χ2v) is 2.29. The van der Waals surface area contributed by atoms with Crippen LogP contribution in [0.1, 0.15) is 87.5 Å².